The van der Waals surface area contributed by atoms with Crippen molar-refractivity contribution in [2.24, 2.45) is 0 Å². The van der Waals surface area contributed by atoms with Gasteiger partial charge in [-0.3, -0.25) is 0 Å². The molecule has 4 aromatic carbocycles. The first kappa shape index (κ1) is 88.9. The van der Waals surface area contributed by atoms with Gasteiger partial charge >= 0.3 is 41.8 Å². The summed E-state index contributed by atoms with van der Waals surface area (Å²) in [5, 5.41) is 12.8. The lowest BCUT2D eigenvalue weighted by molar-refractivity contribution is 0.0230. The molecule has 0 spiro atoms. The van der Waals surface area contributed by atoms with Gasteiger partial charge in [0.05, 0.1) is 41.9 Å². The number of hydrogen-bond acceptors (Lipinski definition) is 22. The van der Waals surface area contributed by atoms with Crippen molar-refractivity contribution in [3.05, 3.63) is 183 Å². The fraction of sp³-hybridized carbons (Fsp3) is 0.417. The van der Waals surface area contributed by atoms with E-state index in [-0.39, 0.29) is 47.3 Å². The number of esters is 3. The van der Waals surface area contributed by atoms with Crippen LogP contribution in [0, 0.1) is 27.8 Å². The smallest absolute Gasteiger partial charge is 0.410 e. The van der Waals surface area contributed by atoms with E-state index in [1.54, 1.807) is 58.1 Å². The third-order valence-electron chi connectivity index (χ3n) is 17.1. The van der Waals surface area contributed by atoms with Crippen LogP contribution in [-0.4, -0.2) is 198 Å². The number of ether oxygens (including phenoxy) is 6. The third-order valence-corrected chi connectivity index (χ3v) is 20.1. The van der Waals surface area contributed by atoms with Crippen LogP contribution in [0.2, 0.25) is 0 Å². The third kappa shape index (κ3) is 27.5. The van der Waals surface area contributed by atoms with E-state index in [1.165, 1.54) is 0 Å². The van der Waals surface area contributed by atoms with Gasteiger partial charge in [-0.1, -0.05) is 42.1 Å². The topological polar surface area (TPSA) is 253 Å². The van der Waals surface area contributed by atoms with Crippen LogP contribution in [0.4, 0.5) is 37.1 Å². The highest BCUT2D eigenvalue weighted by molar-refractivity contribution is 14.1. The lowest BCUT2D eigenvalue weighted by Gasteiger charge is -2.36. The number of amides is 3. The van der Waals surface area contributed by atoms with E-state index >= 15 is 0 Å². The molecule has 27 heteroatoms. The molecule has 0 unspecified atom stereocenters. The Morgan fingerprint density at radius 3 is 1.43 bits per heavy atom. The molecule has 4 fully saturated rings. The van der Waals surface area contributed by atoms with Gasteiger partial charge in [0.1, 0.15) is 22.6 Å². The molecule has 0 bridgehead atoms. The molecule has 4 aliphatic heterocycles. The van der Waals surface area contributed by atoms with Crippen LogP contribution in [0.15, 0.2) is 150 Å². The van der Waals surface area contributed by atoms with Crippen LogP contribution in [0.5, 0.6) is 0 Å². The first-order valence-corrected chi connectivity index (χ1v) is 40.6. The van der Waals surface area contributed by atoms with Gasteiger partial charge in [-0.25, -0.2) is 33.6 Å². The quantitative estimate of drug-likeness (QED) is 0.0546. The monoisotopic (exact) mass is 1730 g/mol. The van der Waals surface area contributed by atoms with E-state index in [9.17, 15) is 33.6 Å². The summed E-state index contributed by atoms with van der Waals surface area (Å²) in [6, 6.07) is 29.0. The molecule has 7 aromatic rings. The Labute approximate surface area is 681 Å². The second-order valence-corrected chi connectivity index (χ2v) is 32.3. The molecule has 0 radical (unpaired) electrons. The molecule has 23 nitrogen and oxygen atoms in total. The number of anilines is 4. The first-order chi connectivity index (χ1) is 52.4. The van der Waals surface area contributed by atoms with E-state index < -0.39 is 16.8 Å². The Hall–Kier alpha value is -9.36. The average molecular weight is 1730 g/mol. The standard InChI is InChI=1S/C24H28N2O4S.C18H25BrN2O4.C18H25IN2O4.C17H16N2O2S.C7H6.H2O/c1-5-29-22(27)21-16-20(9-8-19(21)7-6-18-10-15-31-17-18)25-11-13-26(14-12-25)23(28)30-24(2,3)4;2*1-5-24-16(22)14-12-13(6-7-15(14)19)20-8-10-21(11-9-20)17(23)25-18(2,3)4;20-17-15-10-14(19-6-4-18-5-7-19)2-1-12(15)9-16(21-17)13-3-8-22-11-13;1-2-7-5-3-4-6-7;/h8-10,15-17H,5,11-14H2,1-4H3;2*6-7,12H,5,8-11H2,1-4H3;1-3,8-11,18H,4-7H2;1,3,5-6H,4H2;1H2/p-1. The summed E-state index contributed by atoms with van der Waals surface area (Å²) >= 11 is 8.71. The number of fused-ring (bicyclic) bond motifs is 1. The number of benzene rings is 4. The van der Waals surface area contributed by atoms with Crippen molar-refractivity contribution < 1.29 is 67.1 Å². The van der Waals surface area contributed by atoms with Crippen molar-refractivity contribution in [2.45, 2.75) is 106 Å². The number of thiophene rings is 2. The van der Waals surface area contributed by atoms with E-state index in [1.807, 2.05) is 181 Å². The number of rotatable bonds is 11. The molecular formula is C84H101BrIN8O15S2-. The van der Waals surface area contributed by atoms with Crippen molar-refractivity contribution in [1.82, 2.24) is 20.0 Å². The SMILES string of the molecule is C#CC1=CCC=C1.CCOC(=O)c1cc(N2CCN(C(=O)OC(C)(C)C)CC2)ccc1Br.CCOC(=O)c1cc(N2CCN(C(=O)OC(C)(C)C)CC2)ccc1C#Cc1ccsc1.CCOC(=O)c1cc(N2CCN(C(=O)OC(C)(C)C)CC2)ccc1I.O=c1oc(-c2ccsc2)cc2ccc(N3CCNCC3)cc12.[OH-]. The number of nitrogens with zero attached hydrogens (tertiary/aromatic N) is 7. The molecule has 3 amide bonds. The molecule has 0 saturated carbocycles. The summed E-state index contributed by atoms with van der Waals surface area (Å²) in [6.45, 7) is 34.5. The summed E-state index contributed by atoms with van der Waals surface area (Å²) in [7, 11) is 0. The number of carbonyl (C=O) groups excluding carboxylic acids is 6. The average Bonchev–Trinajstić information content (AvgIpc) is 1.78. The molecule has 12 rings (SSSR count). The van der Waals surface area contributed by atoms with Gasteiger partial charge < -0.3 is 77.9 Å². The number of piperazine rings is 4. The van der Waals surface area contributed by atoms with E-state index in [0.29, 0.717) is 136 Å². The molecule has 4 saturated heterocycles. The van der Waals surface area contributed by atoms with Gasteiger partial charge in [-0.05, 0) is 229 Å². The summed E-state index contributed by atoms with van der Waals surface area (Å²) in [5.74, 6) is 8.33. The molecule has 3 aromatic heterocycles. The van der Waals surface area contributed by atoms with Crippen LogP contribution in [0.1, 0.15) is 132 Å². The van der Waals surface area contributed by atoms with Crippen LogP contribution in [0.25, 0.3) is 22.1 Å². The Balaban J connectivity index is 0.000000200. The maximum Gasteiger partial charge on any atom is 0.410 e. The minimum absolute atomic E-state index is 0. The summed E-state index contributed by atoms with van der Waals surface area (Å²) < 4.78 is 38.8. The minimum Gasteiger partial charge on any atom is -0.870 e. The van der Waals surface area contributed by atoms with Crippen molar-refractivity contribution in [1.29, 1.82) is 0 Å². The second kappa shape index (κ2) is 42.3. The van der Waals surface area contributed by atoms with Crippen LogP contribution in [-0.2, 0) is 28.4 Å². The highest BCUT2D eigenvalue weighted by Gasteiger charge is 2.31. The van der Waals surface area contributed by atoms with Crippen LogP contribution in [0.3, 0.4) is 0 Å². The summed E-state index contributed by atoms with van der Waals surface area (Å²) in [4.78, 5) is 99.5. The van der Waals surface area contributed by atoms with E-state index in [2.05, 4.69) is 93.3 Å². The predicted octanol–water partition coefficient (Wildman–Crippen LogP) is 15.8. The molecule has 2 N–H and O–H groups in total. The lowest BCUT2D eigenvalue weighted by Crippen LogP contribution is -2.50. The maximum atomic E-state index is 12.6. The summed E-state index contributed by atoms with van der Waals surface area (Å²) in [5.41, 5.74) is 7.21. The molecule has 111 heavy (non-hydrogen) atoms. The minimum atomic E-state index is -0.511. The van der Waals surface area contributed by atoms with Gasteiger partial charge in [0, 0.05) is 169 Å². The largest absolute Gasteiger partial charge is 0.870 e. The number of carbonyl (C=O) groups is 6. The molecule has 0 atom stereocenters. The second-order valence-electron chi connectivity index (χ2n) is 28.7. The van der Waals surface area contributed by atoms with Crippen molar-refractivity contribution in [2.75, 3.05) is 144 Å². The van der Waals surface area contributed by atoms with Crippen molar-refractivity contribution in [3.8, 4) is 35.5 Å². The number of hydrogen-bond donors (Lipinski definition) is 1. The molecule has 5 aliphatic rings. The van der Waals surface area contributed by atoms with Crippen LogP contribution < -0.4 is 30.5 Å². The van der Waals surface area contributed by atoms with E-state index in [4.69, 9.17) is 39.3 Å². The lowest BCUT2D eigenvalue weighted by atomic mass is 10.1. The Kier molecular flexibility index (Phi) is 33.9. The zero-order valence-corrected chi connectivity index (χ0v) is 70.7. The fourth-order valence-corrected chi connectivity index (χ4v) is 13.9. The Morgan fingerprint density at radius 2 is 0.982 bits per heavy atom. The number of allylic oxidation sites excluding steroid dienone is 4. The van der Waals surface area contributed by atoms with E-state index in [0.717, 1.165) is 81.0 Å². The van der Waals surface area contributed by atoms with Gasteiger partial charge in [0.2, 0.25) is 0 Å². The zero-order valence-electron chi connectivity index (χ0n) is 65.3. The highest BCUT2D eigenvalue weighted by atomic mass is 127. The number of halogens is 2. The molecule has 7 heterocycles. The highest BCUT2D eigenvalue weighted by Crippen LogP contribution is 2.31. The summed E-state index contributed by atoms with van der Waals surface area (Å²) in [6.07, 6.45) is 11.3. The van der Waals surface area contributed by atoms with Gasteiger partial charge in [-0.2, -0.15) is 22.7 Å². The molecule has 1 aliphatic carbocycles. The fourth-order valence-electron chi connectivity index (χ4n) is 11.7. The normalized spacial score (nSPS) is 14.7. The zero-order chi connectivity index (χ0) is 79.7. The van der Waals surface area contributed by atoms with Crippen molar-refractivity contribution in [3.63, 3.8) is 0 Å². The van der Waals surface area contributed by atoms with Gasteiger partial charge in [0.25, 0.3) is 0 Å². The van der Waals surface area contributed by atoms with Crippen LogP contribution >= 0.6 is 61.2 Å². The predicted molar refractivity (Wildman–Crippen MR) is 451 cm³/mol. The molecule has 594 valence electrons. The number of terminal acetylenes is 1. The molecular weight excluding hydrogens is 1630 g/mol. The Bertz CT molecular complexity index is 4410. The van der Waals surface area contributed by atoms with Gasteiger partial charge in [0.15, 0.2) is 0 Å². The maximum absolute atomic E-state index is 12.6. The number of nitrogens with one attached hydrogen (secondary N) is 1. The first-order valence-electron chi connectivity index (χ1n) is 36.8. The van der Waals surface area contributed by atoms with Gasteiger partial charge in [-0.15, -0.1) is 6.42 Å². The van der Waals surface area contributed by atoms with Crippen molar-refractivity contribution >= 4 is 131 Å². The Morgan fingerprint density at radius 1 is 0.541 bits per heavy atom.